The van der Waals surface area contributed by atoms with Crippen LogP contribution in [0.2, 0.25) is 5.02 Å². The van der Waals surface area contributed by atoms with E-state index in [9.17, 15) is 0 Å². The van der Waals surface area contributed by atoms with Crippen LogP contribution >= 0.6 is 11.6 Å². The SMILES string of the molecule is CCCOc1c(CN2CCN(C3CCNC3)CC2)cc(Cl)cc1OC. The van der Waals surface area contributed by atoms with Crippen LogP contribution in [0.3, 0.4) is 0 Å². The molecule has 2 aliphatic rings. The van der Waals surface area contributed by atoms with Crippen LogP contribution in [0.4, 0.5) is 0 Å². The number of hydrogen-bond donors (Lipinski definition) is 1. The molecular weight excluding hydrogens is 338 g/mol. The zero-order valence-corrected chi connectivity index (χ0v) is 16.1. The van der Waals surface area contributed by atoms with Crippen molar-refractivity contribution in [1.29, 1.82) is 0 Å². The number of ether oxygens (including phenoxy) is 2. The third kappa shape index (κ3) is 4.79. The predicted molar refractivity (Wildman–Crippen MR) is 102 cm³/mol. The summed E-state index contributed by atoms with van der Waals surface area (Å²) in [5, 5.41) is 4.17. The Labute approximate surface area is 156 Å². The van der Waals surface area contributed by atoms with E-state index in [1.807, 2.05) is 12.1 Å². The average molecular weight is 368 g/mol. The number of nitrogens with zero attached hydrogens (tertiary/aromatic N) is 2. The van der Waals surface area contributed by atoms with Gasteiger partial charge < -0.3 is 14.8 Å². The lowest BCUT2D eigenvalue weighted by molar-refractivity contribution is 0.0973. The summed E-state index contributed by atoms with van der Waals surface area (Å²) in [6.07, 6.45) is 2.25. The van der Waals surface area contributed by atoms with E-state index < -0.39 is 0 Å². The van der Waals surface area contributed by atoms with Crippen molar-refractivity contribution in [2.24, 2.45) is 0 Å². The van der Waals surface area contributed by atoms with E-state index >= 15 is 0 Å². The van der Waals surface area contributed by atoms with E-state index in [1.165, 1.54) is 6.42 Å². The molecule has 1 N–H and O–H groups in total. The lowest BCUT2D eigenvalue weighted by atomic mass is 10.1. The number of rotatable bonds is 7. The Bertz CT molecular complexity index is 556. The van der Waals surface area contributed by atoms with Gasteiger partial charge in [0.1, 0.15) is 0 Å². The van der Waals surface area contributed by atoms with Gasteiger partial charge in [0.15, 0.2) is 11.5 Å². The van der Waals surface area contributed by atoms with Crippen LogP contribution < -0.4 is 14.8 Å². The van der Waals surface area contributed by atoms with Crippen molar-refractivity contribution in [2.75, 3.05) is 53.0 Å². The van der Waals surface area contributed by atoms with Crippen molar-refractivity contribution < 1.29 is 9.47 Å². The Morgan fingerprint density at radius 2 is 2.04 bits per heavy atom. The van der Waals surface area contributed by atoms with Crippen molar-refractivity contribution >= 4 is 11.6 Å². The maximum Gasteiger partial charge on any atom is 0.165 e. The molecule has 25 heavy (non-hydrogen) atoms. The topological polar surface area (TPSA) is 37.0 Å². The van der Waals surface area contributed by atoms with E-state index in [4.69, 9.17) is 21.1 Å². The highest BCUT2D eigenvalue weighted by Gasteiger charge is 2.26. The number of hydrogen-bond acceptors (Lipinski definition) is 5. The molecule has 1 atom stereocenters. The summed E-state index contributed by atoms with van der Waals surface area (Å²) >= 11 is 6.29. The number of piperazine rings is 1. The van der Waals surface area contributed by atoms with Gasteiger partial charge in [0.05, 0.1) is 13.7 Å². The van der Waals surface area contributed by atoms with Crippen LogP contribution in [0.15, 0.2) is 12.1 Å². The van der Waals surface area contributed by atoms with Gasteiger partial charge in [-0.15, -0.1) is 0 Å². The normalized spacial score (nSPS) is 22.3. The van der Waals surface area contributed by atoms with E-state index in [0.29, 0.717) is 11.6 Å². The van der Waals surface area contributed by atoms with Gasteiger partial charge in [-0.2, -0.15) is 0 Å². The molecule has 1 aromatic carbocycles. The molecule has 140 valence electrons. The fourth-order valence-electron chi connectivity index (χ4n) is 3.74. The van der Waals surface area contributed by atoms with Crippen molar-refractivity contribution in [3.05, 3.63) is 22.7 Å². The molecular formula is C19H30ClN3O2. The van der Waals surface area contributed by atoms with Gasteiger partial charge >= 0.3 is 0 Å². The van der Waals surface area contributed by atoms with Gasteiger partial charge in [-0.1, -0.05) is 18.5 Å². The molecule has 2 saturated heterocycles. The first-order chi connectivity index (χ1) is 12.2. The standard InChI is InChI=1S/C19H30ClN3O2/c1-3-10-25-19-15(11-16(20)12-18(19)24-2)14-22-6-8-23(9-7-22)17-4-5-21-13-17/h11-12,17,21H,3-10,13-14H2,1-2H3. The molecule has 2 fully saturated rings. The molecule has 2 aliphatic heterocycles. The Hall–Kier alpha value is -1.01. The average Bonchev–Trinajstić information content (AvgIpc) is 3.15. The zero-order chi connectivity index (χ0) is 17.6. The second-order valence-corrected chi connectivity index (χ2v) is 7.34. The van der Waals surface area contributed by atoms with Crippen LogP contribution in [0.25, 0.3) is 0 Å². The van der Waals surface area contributed by atoms with Crippen LogP contribution in [-0.4, -0.2) is 68.8 Å². The highest BCUT2D eigenvalue weighted by molar-refractivity contribution is 6.30. The molecule has 0 amide bonds. The largest absolute Gasteiger partial charge is 0.493 e. The van der Waals surface area contributed by atoms with E-state index in [2.05, 4.69) is 22.0 Å². The van der Waals surface area contributed by atoms with Crippen molar-refractivity contribution in [3.63, 3.8) is 0 Å². The van der Waals surface area contributed by atoms with Gasteiger partial charge in [-0.25, -0.2) is 0 Å². The van der Waals surface area contributed by atoms with Crippen molar-refractivity contribution in [3.8, 4) is 11.5 Å². The molecule has 0 radical (unpaired) electrons. The quantitative estimate of drug-likeness (QED) is 0.801. The summed E-state index contributed by atoms with van der Waals surface area (Å²) in [6, 6.07) is 4.57. The molecule has 0 aromatic heterocycles. The summed E-state index contributed by atoms with van der Waals surface area (Å²) in [6.45, 7) is 10.4. The molecule has 0 bridgehead atoms. The number of benzene rings is 1. The first-order valence-electron chi connectivity index (χ1n) is 9.37. The smallest absolute Gasteiger partial charge is 0.165 e. The summed E-state index contributed by atoms with van der Waals surface area (Å²) in [4.78, 5) is 5.12. The molecule has 6 heteroatoms. The molecule has 2 heterocycles. The summed E-state index contributed by atoms with van der Waals surface area (Å²) in [5.41, 5.74) is 1.12. The van der Waals surface area contributed by atoms with Gasteiger partial charge in [0.25, 0.3) is 0 Å². The third-order valence-electron chi connectivity index (χ3n) is 5.12. The lowest BCUT2D eigenvalue weighted by Crippen LogP contribution is -2.50. The van der Waals surface area contributed by atoms with Gasteiger partial charge in [0.2, 0.25) is 0 Å². The van der Waals surface area contributed by atoms with Crippen molar-refractivity contribution in [1.82, 2.24) is 15.1 Å². The van der Waals surface area contributed by atoms with E-state index in [-0.39, 0.29) is 0 Å². The second kappa shape index (κ2) is 9.08. The monoisotopic (exact) mass is 367 g/mol. The molecule has 0 saturated carbocycles. The Morgan fingerprint density at radius 3 is 2.68 bits per heavy atom. The molecule has 5 nitrogen and oxygen atoms in total. The van der Waals surface area contributed by atoms with Crippen molar-refractivity contribution in [2.45, 2.75) is 32.4 Å². The second-order valence-electron chi connectivity index (χ2n) is 6.90. The van der Waals surface area contributed by atoms with Crippen LogP contribution in [-0.2, 0) is 6.54 Å². The third-order valence-corrected chi connectivity index (χ3v) is 5.34. The first-order valence-corrected chi connectivity index (χ1v) is 9.75. The molecule has 1 aromatic rings. The minimum Gasteiger partial charge on any atom is -0.493 e. The highest BCUT2D eigenvalue weighted by Crippen LogP contribution is 2.35. The van der Waals surface area contributed by atoms with E-state index in [1.54, 1.807) is 7.11 Å². The minimum atomic E-state index is 0.688. The zero-order valence-electron chi connectivity index (χ0n) is 15.4. The first kappa shape index (κ1) is 18.8. The summed E-state index contributed by atoms with van der Waals surface area (Å²) in [5.74, 6) is 1.57. The predicted octanol–water partition coefficient (Wildman–Crippen LogP) is 2.62. The van der Waals surface area contributed by atoms with Gasteiger partial charge in [-0.3, -0.25) is 9.80 Å². The summed E-state index contributed by atoms with van der Waals surface area (Å²) < 4.78 is 11.5. The number of halogens is 1. The molecule has 0 aliphatic carbocycles. The molecule has 3 rings (SSSR count). The Morgan fingerprint density at radius 1 is 1.24 bits per heavy atom. The van der Waals surface area contributed by atoms with E-state index in [0.717, 1.165) is 75.3 Å². The maximum atomic E-state index is 6.29. The maximum absolute atomic E-state index is 6.29. The highest BCUT2D eigenvalue weighted by atomic mass is 35.5. The number of nitrogens with one attached hydrogen (secondary N) is 1. The Balaban J connectivity index is 1.64. The lowest BCUT2D eigenvalue weighted by Gasteiger charge is -2.38. The molecule has 0 spiro atoms. The fraction of sp³-hybridized carbons (Fsp3) is 0.684. The van der Waals surface area contributed by atoms with Gasteiger partial charge in [0, 0.05) is 62.0 Å². The summed E-state index contributed by atoms with van der Waals surface area (Å²) in [7, 11) is 1.67. The number of methoxy groups -OCH3 is 1. The van der Waals surface area contributed by atoms with Gasteiger partial charge in [-0.05, 0) is 25.5 Å². The van der Waals surface area contributed by atoms with Crippen LogP contribution in [0, 0.1) is 0 Å². The Kier molecular flexibility index (Phi) is 6.82. The fourth-order valence-corrected chi connectivity index (χ4v) is 3.97. The van der Waals surface area contributed by atoms with Crippen LogP contribution in [0.5, 0.6) is 11.5 Å². The molecule has 1 unspecified atom stereocenters. The van der Waals surface area contributed by atoms with Crippen LogP contribution in [0.1, 0.15) is 25.3 Å². The minimum absolute atomic E-state index is 0.688.